The van der Waals surface area contributed by atoms with Crippen LogP contribution in [0, 0.1) is 29.6 Å². The summed E-state index contributed by atoms with van der Waals surface area (Å²) in [6, 6.07) is -1.17. The molecule has 4 heterocycles. The maximum atomic E-state index is 14.5. The number of aliphatic hydroxyl groups is 3. The van der Waals surface area contributed by atoms with Crippen LogP contribution in [-0.4, -0.2) is 163 Å². The third kappa shape index (κ3) is 14.6. The average molecular weight is 960 g/mol. The highest BCUT2D eigenvalue weighted by Crippen LogP contribution is 2.39. The summed E-state index contributed by atoms with van der Waals surface area (Å²) in [6.45, 7) is 12.2. The van der Waals surface area contributed by atoms with Gasteiger partial charge in [0.15, 0.2) is 0 Å². The molecule has 386 valence electrons. The minimum atomic E-state index is -2.54. The number of esters is 1. The number of aliphatic hydroxyl groups excluding tert-OH is 2. The molecule has 4 aliphatic heterocycles. The van der Waals surface area contributed by atoms with Crippen LogP contribution in [-0.2, 0) is 47.7 Å². The summed E-state index contributed by atoms with van der Waals surface area (Å²) in [5, 5.41) is 37.9. The standard InChI is InChI=1S/C51H81N3O13.CH4/c1-31-24-32(2)26-43(64-7)47-44(65-8)28-34(4)51(62,67-47)48(59)49(60)54-21-13-12-15-38(54)50(61)66-46(33(3)27-36-17-18-39(55)42(29-36)63-6)35(5)40(56)30-41(57)37(25-31)14-10-9-11-16-45(58)53-22-19-52-20-23-53;/h9-10,25,27,32,34-40,42-44,46-47,52,55-56,62H,11-24,26,28-30H2,1-8H3;1H4/b10-9+,31-25+,33-27+;/t32-,34+,35+,36-,37+,38-,39+,40-,42+,43-,44-,46+,47+,51+;/m0./s1. The molecule has 0 aromatic rings. The SMILES string of the molecule is C.CO[C@H]1C[C@@H](C)C/C(C)=C/[C@@H](C/C=C/CCC(=O)N2CCNCC2)C(=O)C[C@H](O)[C@@H](C)[C@@H](/C(C)=C/[C@@H]2CC[C@@H](O)[C@H](OC)C2)OC(=O)[C@@H]2CCCCN2C(=O)C(=O)[C@]2(O)O[C@H]1[C@@H](OC)C[C@H]2C. The Morgan fingerprint density at radius 1 is 0.882 bits per heavy atom. The number of carbonyl (C=O) groups is 5. The van der Waals surface area contributed by atoms with Crippen LogP contribution >= 0.6 is 0 Å². The molecule has 5 rings (SSSR count). The third-order valence-electron chi connectivity index (χ3n) is 15.0. The number of methoxy groups -OCH3 is 3. The molecule has 2 amide bonds. The zero-order valence-corrected chi connectivity index (χ0v) is 41.4. The van der Waals surface area contributed by atoms with E-state index in [9.17, 15) is 39.3 Å². The quantitative estimate of drug-likeness (QED) is 0.131. The van der Waals surface area contributed by atoms with E-state index in [-0.39, 0.29) is 62.9 Å². The molecule has 0 aromatic heterocycles. The Balaban J connectivity index is 0.0000101. The Morgan fingerprint density at radius 3 is 2.24 bits per heavy atom. The van der Waals surface area contributed by atoms with Crippen molar-refractivity contribution in [1.82, 2.24) is 15.1 Å². The van der Waals surface area contributed by atoms with Crippen molar-refractivity contribution in [2.45, 2.75) is 180 Å². The van der Waals surface area contributed by atoms with Crippen LogP contribution in [0.25, 0.3) is 0 Å². The molecule has 68 heavy (non-hydrogen) atoms. The van der Waals surface area contributed by atoms with Crippen LogP contribution in [0.3, 0.4) is 0 Å². The number of carbonyl (C=O) groups excluding carboxylic acids is 5. The van der Waals surface area contributed by atoms with E-state index in [0.717, 1.165) is 18.7 Å². The predicted molar refractivity (Wildman–Crippen MR) is 257 cm³/mol. The number of piperidine rings is 1. The lowest BCUT2D eigenvalue weighted by atomic mass is 9.81. The van der Waals surface area contributed by atoms with Crippen LogP contribution in [0.15, 0.2) is 35.5 Å². The Hall–Kier alpha value is -3.35. The molecule has 14 atom stereocenters. The molecular formula is C52H85N3O13. The number of piperazine rings is 1. The van der Waals surface area contributed by atoms with Crippen molar-refractivity contribution in [1.29, 1.82) is 0 Å². The number of Topliss-reactive ketones (excluding diaryl/α,β-unsaturated/α-hetero) is 2. The van der Waals surface area contributed by atoms with Gasteiger partial charge >= 0.3 is 5.97 Å². The van der Waals surface area contributed by atoms with Crippen LogP contribution in [0.5, 0.6) is 0 Å². The Bertz CT molecular complexity index is 1780. The number of cyclic esters (lactones) is 1. The topological polar surface area (TPSA) is 211 Å². The molecular weight excluding hydrogens is 875 g/mol. The number of rotatable bonds is 10. The first kappa shape index (κ1) is 57.2. The van der Waals surface area contributed by atoms with Gasteiger partial charge in [-0.25, -0.2) is 4.79 Å². The van der Waals surface area contributed by atoms with E-state index in [4.69, 9.17) is 23.7 Å². The first-order valence-corrected chi connectivity index (χ1v) is 24.8. The number of hydrogen-bond acceptors (Lipinski definition) is 14. The number of amides is 2. The minimum absolute atomic E-state index is 0. The minimum Gasteiger partial charge on any atom is -0.456 e. The lowest BCUT2D eigenvalue weighted by Crippen LogP contribution is -2.64. The molecule has 0 aromatic carbocycles. The van der Waals surface area contributed by atoms with Gasteiger partial charge in [-0.2, -0.15) is 0 Å². The number of ether oxygens (including phenoxy) is 5. The van der Waals surface area contributed by atoms with Gasteiger partial charge in [0.25, 0.3) is 11.7 Å². The van der Waals surface area contributed by atoms with Gasteiger partial charge in [0.05, 0.1) is 30.5 Å². The van der Waals surface area contributed by atoms with E-state index >= 15 is 0 Å². The van der Waals surface area contributed by atoms with Gasteiger partial charge in [0.1, 0.15) is 24.0 Å². The number of hydrogen-bond donors (Lipinski definition) is 4. The maximum Gasteiger partial charge on any atom is 0.329 e. The van der Waals surface area contributed by atoms with E-state index in [2.05, 4.69) is 5.32 Å². The van der Waals surface area contributed by atoms with Gasteiger partial charge in [-0.1, -0.05) is 58.1 Å². The van der Waals surface area contributed by atoms with Crippen molar-refractivity contribution < 1.29 is 63.0 Å². The second-order valence-electron chi connectivity index (χ2n) is 20.1. The van der Waals surface area contributed by atoms with Crippen molar-refractivity contribution in [2.75, 3.05) is 54.1 Å². The highest BCUT2D eigenvalue weighted by atomic mass is 16.7. The molecule has 0 spiro atoms. The Kier molecular flexibility index (Phi) is 22.5. The zero-order chi connectivity index (χ0) is 49.0. The van der Waals surface area contributed by atoms with Crippen molar-refractivity contribution >= 4 is 29.4 Å². The van der Waals surface area contributed by atoms with Gasteiger partial charge in [-0.15, -0.1) is 0 Å². The fourth-order valence-electron chi connectivity index (χ4n) is 10.9. The number of fused-ring (bicyclic) bond motifs is 3. The lowest BCUT2D eigenvalue weighted by molar-refractivity contribution is -0.302. The van der Waals surface area contributed by atoms with Crippen molar-refractivity contribution in [3.05, 3.63) is 35.5 Å². The summed E-state index contributed by atoms with van der Waals surface area (Å²) in [4.78, 5) is 73.5. The van der Waals surface area contributed by atoms with Gasteiger partial charge in [-0.3, -0.25) is 19.2 Å². The Morgan fingerprint density at radius 2 is 1.56 bits per heavy atom. The number of nitrogens with zero attached hydrogens (tertiary/aromatic N) is 2. The summed E-state index contributed by atoms with van der Waals surface area (Å²) < 4.78 is 30.0. The molecule has 3 saturated heterocycles. The summed E-state index contributed by atoms with van der Waals surface area (Å²) in [5.41, 5.74) is 1.57. The Labute approximate surface area is 405 Å². The molecule has 0 unspecified atom stereocenters. The summed E-state index contributed by atoms with van der Waals surface area (Å²) in [6.07, 6.45) is 7.56. The second-order valence-corrected chi connectivity index (χ2v) is 20.1. The predicted octanol–water partition coefficient (Wildman–Crippen LogP) is 4.86. The summed E-state index contributed by atoms with van der Waals surface area (Å²) in [5.74, 6) is -7.96. The largest absolute Gasteiger partial charge is 0.456 e. The van der Waals surface area contributed by atoms with E-state index in [1.807, 2.05) is 50.0 Å². The molecule has 4 N–H and O–H groups in total. The fourth-order valence-corrected chi connectivity index (χ4v) is 10.9. The van der Waals surface area contributed by atoms with Crippen molar-refractivity contribution in [3.8, 4) is 0 Å². The van der Waals surface area contributed by atoms with Crippen LogP contribution < -0.4 is 5.32 Å². The molecule has 4 fully saturated rings. The van der Waals surface area contributed by atoms with Gasteiger partial charge in [-0.05, 0) is 102 Å². The smallest absolute Gasteiger partial charge is 0.329 e. The summed E-state index contributed by atoms with van der Waals surface area (Å²) >= 11 is 0. The first-order chi connectivity index (χ1) is 31.9. The number of nitrogens with one attached hydrogen (secondary N) is 1. The molecule has 0 radical (unpaired) electrons. The second kappa shape index (κ2) is 26.7. The normalized spacial score (nSPS) is 37.6. The van der Waals surface area contributed by atoms with Crippen molar-refractivity contribution in [2.24, 2.45) is 29.6 Å². The molecule has 16 heteroatoms. The monoisotopic (exact) mass is 960 g/mol. The molecule has 16 nitrogen and oxygen atoms in total. The molecule has 1 saturated carbocycles. The van der Waals surface area contributed by atoms with E-state index in [0.29, 0.717) is 82.9 Å². The number of ketones is 2. The number of allylic oxidation sites excluding steroid dienone is 5. The van der Waals surface area contributed by atoms with Gasteiger partial charge in [0.2, 0.25) is 11.7 Å². The highest BCUT2D eigenvalue weighted by Gasteiger charge is 2.56. The zero-order valence-electron chi connectivity index (χ0n) is 41.4. The van der Waals surface area contributed by atoms with E-state index in [1.54, 1.807) is 21.0 Å². The van der Waals surface area contributed by atoms with Crippen LogP contribution in [0.4, 0.5) is 0 Å². The average Bonchev–Trinajstić information content (AvgIpc) is 3.32. The van der Waals surface area contributed by atoms with Gasteiger partial charge in [0, 0.05) is 84.6 Å². The van der Waals surface area contributed by atoms with Crippen molar-refractivity contribution in [3.63, 3.8) is 0 Å². The first-order valence-electron chi connectivity index (χ1n) is 24.8. The van der Waals surface area contributed by atoms with Crippen LogP contribution in [0.2, 0.25) is 0 Å². The summed E-state index contributed by atoms with van der Waals surface area (Å²) in [7, 11) is 4.61. The van der Waals surface area contributed by atoms with E-state index in [1.165, 1.54) is 19.1 Å². The van der Waals surface area contributed by atoms with Crippen LogP contribution in [0.1, 0.15) is 126 Å². The fraction of sp³-hybridized carbons (Fsp3) is 0.788. The van der Waals surface area contributed by atoms with Gasteiger partial charge < -0.3 is 54.1 Å². The molecule has 5 aliphatic rings. The maximum absolute atomic E-state index is 14.5. The highest BCUT2D eigenvalue weighted by molar-refractivity contribution is 6.39. The van der Waals surface area contributed by atoms with E-state index < -0.39 is 83.9 Å². The third-order valence-corrected chi connectivity index (χ3v) is 15.0. The molecule has 1 aliphatic carbocycles. The molecule has 2 bridgehead atoms. The lowest BCUT2D eigenvalue weighted by Gasteiger charge is -2.47.